The van der Waals surface area contributed by atoms with Crippen molar-refractivity contribution in [1.82, 2.24) is 0 Å². The zero-order valence-corrected chi connectivity index (χ0v) is 11.2. The number of nitrogens with two attached hydrogens (primary N) is 1. The molecule has 2 aromatic carbocycles. The summed E-state index contributed by atoms with van der Waals surface area (Å²) in [5.41, 5.74) is 0. The molecule has 0 radical (unpaired) electrons. The van der Waals surface area contributed by atoms with Gasteiger partial charge >= 0.3 is 0 Å². The molecule has 106 valence electrons. The SMILES string of the molecule is NS(=O)(=O)c1cccc2c1OCO2.Oc1ccccc1. The van der Waals surface area contributed by atoms with Crippen LogP contribution in [0.5, 0.6) is 17.2 Å². The van der Waals surface area contributed by atoms with E-state index >= 15 is 0 Å². The second-order valence-electron chi connectivity index (χ2n) is 3.87. The molecule has 0 amide bonds. The van der Waals surface area contributed by atoms with Gasteiger partial charge in [-0.3, -0.25) is 0 Å². The summed E-state index contributed by atoms with van der Waals surface area (Å²) in [4.78, 5) is -0.0394. The Labute approximate surface area is 116 Å². The fourth-order valence-corrected chi connectivity index (χ4v) is 2.24. The average molecular weight is 295 g/mol. The Hall–Kier alpha value is -2.25. The number of hydrogen-bond acceptors (Lipinski definition) is 5. The third kappa shape index (κ3) is 3.40. The van der Waals surface area contributed by atoms with E-state index in [1.807, 2.05) is 6.07 Å². The van der Waals surface area contributed by atoms with Gasteiger partial charge in [-0.05, 0) is 24.3 Å². The minimum atomic E-state index is -3.73. The molecule has 1 aliphatic heterocycles. The van der Waals surface area contributed by atoms with Crippen LogP contribution in [0.15, 0.2) is 53.4 Å². The van der Waals surface area contributed by atoms with E-state index in [4.69, 9.17) is 19.7 Å². The maximum absolute atomic E-state index is 11.0. The Balaban J connectivity index is 0.000000178. The zero-order chi connectivity index (χ0) is 14.6. The molecular weight excluding hydrogens is 282 g/mol. The number of primary sulfonamides is 1. The van der Waals surface area contributed by atoms with Crippen LogP contribution in [-0.2, 0) is 10.0 Å². The Morgan fingerprint density at radius 3 is 2.25 bits per heavy atom. The summed E-state index contributed by atoms with van der Waals surface area (Å²) in [6.07, 6.45) is 0. The van der Waals surface area contributed by atoms with Gasteiger partial charge < -0.3 is 14.6 Å². The number of sulfonamides is 1. The van der Waals surface area contributed by atoms with Crippen LogP contribution in [-0.4, -0.2) is 20.3 Å². The largest absolute Gasteiger partial charge is 0.508 e. The number of hydrogen-bond donors (Lipinski definition) is 2. The van der Waals surface area contributed by atoms with E-state index in [0.717, 1.165) is 0 Å². The molecule has 0 aliphatic carbocycles. The van der Waals surface area contributed by atoms with E-state index in [1.165, 1.54) is 6.07 Å². The summed E-state index contributed by atoms with van der Waals surface area (Å²) in [5, 5.41) is 13.6. The van der Waals surface area contributed by atoms with Crippen LogP contribution in [0, 0.1) is 0 Å². The van der Waals surface area contributed by atoms with Crippen molar-refractivity contribution in [3.05, 3.63) is 48.5 Å². The number of ether oxygens (including phenoxy) is 2. The van der Waals surface area contributed by atoms with Crippen LogP contribution >= 0.6 is 0 Å². The number of phenols is 1. The maximum atomic E-state index is 11.0. The molecule has 0 fully saturated rings. The van der Waals surface area contributed by atoms with E-state index in [-0.39, 0.29) is 17.4 Å². The lowest BCUT2D eigenvalue weighted by Crippen LogP contribution is -2.12. The summed E-state index contributed by atoms with van der Waals surface area (Å²) in [7, 11) is -3.73. The van der Waals surface area contributed by atoms with Crippen molar-refractivity contribution in [2.24, 2.45) is 5.14 Å². The van der Waals surface area contributed by atoms with Crippen LogP contribution in [0.3, 0.4) is 0 Å². The maximum Gasteiger partial charge on any atom is 0.241 e. The van der Waals surface area contributed by atoms with Crippen molar-refractivity contribution < 1.29 is 23.0 Å². The van der Waals surface area contributed by atoms with Gasteiger partial charge in [-0.15, -0.1) is 0 Å². The van der Waals surface area contributed by atoms with Gasteiger partial charge in [0.25, 0.3) is 0 Å². The number of fused-ring (bicyclic) bond motifs is 1. The molecule has 20 heavy (non-hydrogen) atoms. The molecule has 0 unspecified atom stereocenters. The van der Waals surface area contributed by atoms with Crippen molar-refractivity contribution in [2.75, 3.05) is 6.79 Å². The Kier molecular flexibility index (Phi) is 4.11. The second-order valence-corrected chi connectivity index (χ2v) is 5.40. The van der Waals surface area contributed by atoms with Crippen LogP contribution < -0.4 is 14.6 Å². The highest BCUT2D eigenvalue weighted by molar-refractivity contribution is 7.89. The predicted molar refractivity (Wildman–Crippen MR) is 72.0 cm³/mol. The van der Waals surface area contributed by atoms with E-state index in [2.05, 4.69) is 0 Å². The van der Waals surface area contributed by atoms with Gasteiger partial charge in [0.05, 0.1) is 0 Å². The minimum Gasteiger partial charge on any atom is -0.508 e. The summed E-state index contributed by atoms with van der Waals surface area (Å²) in [5.74, 6) is 0.930. The van der Waals surface area contributed by atoms with Gasteiger partial charge in [-0.25, -0.2) is 13.6 Å². The number of aromatic hydroxyl groups is 1. The molecule has 1 heterocycles. The highest BCUT2D eigenvalue weighted by Crippen LogP contribution is 2.37. The predicted octanol–water partition coefficient (Wildman–Crippen LogP) is 1.45. The van der Waals surface area contributed by atoms with Gasteiger partial charge in [-0.1, -0.05) is 24.3 Å². The number of benzene rings is 2. The van der Waals surface area contributed by atoms with Gasteiger partial charge in [-0.2, -0.15) is 0 Å². The van der Waals surface area contributed by atoms with E-state index in [1.54, 1.807) is 36.4 Å². The molecule has 1 aliphatic rings. The molecule has 0 saturated carbocycles. The molecular formula is C13H13NO5S. The number of rotatable bonds is 1. The lowest BCUT2D eigenvalue weighted by molar-refractivity contribution is 0.172. The highest BCUT2D eigenvalue weighted by atomic mass is 32.2. The molecule has 0 saturated heterocycles. The first kappa shape index (κ1) is 14.2. The molecule has 0 spiro atoms. The summed E-state index contributed by atoms with van der Waals surface area (Å²) in [6, 6.07) is 13.3. The van der Waals surface area contributed by atoms with Crippen molar-refractivity contribution >= 4 is 10.0 Å². The van der Waals surface area contributed by atoms with Crippen LogP contribution in [0.25, 0.3) is 0 Å². The van der Waals surface area contributed by atoms with Gasteiger partial charge in [0.2, 0.25) is 16.8 Å². The topological polar surface area (TPSA) is 98.9 Å². The fraction of sp³-hybridized carbons (Fsp3) is 0.0769. The quantitative estimate of drug-likeness (QED) is 0.829. The number of para-hydroxylation sites is 2. The van der Waals surface area contributed by atoms with Crippen LogP contribution in [0.1, 0.15) is 0 Å². The molecule has 0 aromatic heterocycles. The van der Waals surface area contributed by atoms with E-state index in [0.29, 0.717) is 11.5 Å². The van der Waals surface area contributed by atoms with Crippen LogP contribution in [0.2, 0.25) is 0 Å². The molecule has 0 bridgehead atoms. The summed E-state index contributed by atoms with van der Waals surface area (Å²) in [6.45, 7) is 0.0296. The van der Waals surface area contributed by atoms with Crippen molar-refractivity contribution in [1.29, 1.82) is 0 Å². The first-order chi connectivity index (χ1) is 9.48. The average Bonchev–Trinajstić information content (AvgIpc) is 2.87. The van der Waals surface area contributed by atoms with Crippen LogP contribution in [0.4, 0.5) is 0 Å². The Morgan fingerprint density at radius 1 is 1.00 bits per heavy atom. The molecule has 2 aromatic rings. The Bertz CT molecular complexity index is 685. The first-order valence-corrected chi connectivity index (χ1v) is 7.18. The van der Waals surface area contributed by atoms with Crippen molar-refractivity contribution in [3.63, 3.8) is 0 Å². The minimum absolute atomic E-state index is 0.0296. The van der Waals surface area contributed by atoms with Crippen molar-refractivity contribution in [2.45, 2.75) is 4.90 Å². The third-order valence-corrected chi connectivity index (χ3v) is 3.36. The van der Waals surface area contributed by atoms with E-state index in [9.17, 15) is 8.42 Å². The lowest BCUT2D eigenvalue weighted by Gasteiger charge is -2.01. The Morgan fingerprint density at radius 2 is 1.70 bits per heavy atom. The zero-order valence-electron chi connectivity index (χ0n) is 10.4. The molecule has 0 atom stereocenters. The summed E-state index contributed by atoms with van der Waals surface area (Å²) < 4.78 is 32.0. The molecule has 6 nitrogen and oxygen atoms in total. The second kappa shape index (κ2) is 5.81. The number of phenolic OH excluding ortho intramolecular Hbond substituents is 1. The van der Waals surface area contributed by atoms with E-state index < -0.39 is 10.0 Å². The van der Waals surface area contributed by atoms with Gasteiger partial charge in [0.1, 0.15) is 10.6 Å². The van der Waals surface area contributed by atoms with Crippen molar-refractivity contribution in [3.8, 4) is 17.2 Å². The monoisotopic (exact) mass is 295 g/mol. The smallest absolute Gasteiger partial charge is 0.241 e. The molecule has 3 N–H and O–H groups in total. The lowest BCUT2D eigenvalue weighted by atomic mass is 10.3. The summed E-state index contributed by atoms with van der Waals surface area (Å²) >= 11 is 0. The molecule has 7 heteroatoms. The third-order valence-electron chi connectivity index (χ3n) is 2.42. The molecule has 3 rings (SSSR count). The van der Waals surface area contributed by atoms with Gasteiger partial charge in [0, 0.05) is 0 Å². The fourth-order valence-electron chi connectivity index (χ4n) is 1.56. The van der Waals surface area contributed by atoms with Gasteiger partial charge in [0.15, 0.2) is 11.5 Å². The highest BCUT2D eigenvalue weighted by Gasteiger charge is 2.23. The standard InChI is InChI=1S/C7H7NO4S.C6H6O/c8-13(9,10)6-3-1-2-5-7(6)12-4-11-5;7-6-4-2-1-3-5-6/h1-3H,4H2,(H2,8,9,10);1-5,7H. The normalized spacial score (nSPS) is 12.4. The first-order valence-electron chi connectivity index (χ1n) is 5.64.